The maximum absolute atomic E-state index is 9.95. The average molecular weight is 265 g/mol. The fourth-order valence-electron chi connectivity index (χ4n) is 2.97. The number of phenols is 1. The van der Waals surface area contributed by atoms with Crippen LogP contribution in [0.3, 0.4) is 0 Å². The lowest BCUT2D eigenvalue weighted by Gasteiger charge is -2.33. The highest BCUT2D eigenvalue weighted by atomic mass is 16.3. The van der Waals surface area contributed by atoms with Crippen molar-refractivity contribution in [2.24, 2.45) is 0 Å². The maximum Gasteiger partial charge on any atom is 0.118 e. The molecule has 1 aliphatic rings. The number of anilines is 1. The summed E-state index contributed by atoms with van der Waals surface area (Å²) in [5, 5.41) is 9.95. The molecule has 3 rings (SSSR count). The monoisotopic (exact) mass is 265 g/mol. The van der Waals surface area contributed by atoms with Gasteiger partial charge < -0.3 is 10.0 Å². The Labute approximate surface area is 120 Å². The molecule has 2 heteroatoms. The van der Waals surface area contributed by atoms with Crippen LogP contribution in [-0.2, 0) is 6.54 Å². The highest BCUT2D eigenvalue weighted by Crippen LogP contribution is 2.43. The van der Waals surface area contributed by atoms with Crippen molar-refractivity contribution in [1.82, 2.24) is 0 Å². The van der Waals surface area contributed by atoms with Crippen LogP contribution in [0.25, 0.3) is 17.2 Å². The zero-order valence-electron chi connectivity index (χ0n) is 12.0. The molecule has 102 valence electrons. The Kier molecular flexibility index (Phi) is 3.01. The molecule has 0 amide bonds. The SMILES string of the molecule is C=Cc1cccc2c1N(CC)Cc1cc(O)c(C)cc1-2. The molecule has 0 radical (unpaired) electrons. The van der Waals surface area contributed by atoms with Crippen molar-refractivity contribution in [3.8, 4) is 16.9 Å². The van der Waals surface area contributed by atoms with Crippen molar-refractivity contribution >= 4 is 11.8 Å². The van der Waals surface area contributed by atoms with Crippen LogP contribution in [0.5, 0.6) is 5.75 Å². The Balaban J connectivity index is 2.31. The number of benzene rings is 2. The van der Waals surface area contributed by atoms with E-state index in [9.17, 15) is 5.11 Å². The largest absolute Gasteiger partial charge is 0.508 e. The van der Waals surface area contributed by atoms with Crippen molar-refractivity contribution in [2.75, 3.05) is 11.4 Å². The summed E-state index contributed by atoms with van der Waals surface area (Å²) in [6, 6.07) is 10.3. The summed E-state index contributed by atoms with van der Waals surface area (Å²) in [5.41, 5.74) is 6.98. The predicted octanol–water partition coefficient (Wildman–Crippen LogP) is 4.35. The lowest BCUT2D eigenvalue weighted by Crippen LogP contribution is -2.27. The van der Waals surface area contributed by atoms with Crippen LogP contribution in [0.2, 0.25) is 0 Å². The Morgan fingerprint density at radius 3 is 2.80 bits per heavy atom. The van der Waals surface area contributed by atoms with E-state index < -0.39 is 0 Å². The van der Waals surface area contributed by atoms with Gasteiger partial charge in [0.1, 0.15) is 5.75 Å². The molecule has 0 bridgehead atoms. The van der Waals surface area contributed by atoms with Crippen LogP contribution in [0, 0.1) is 6.92 Å². The minimum atomic E-state index is 0.378. The summed E-state index contributed by atoms with van der Waals surface area (Å²) in [6.07, 6.45) is 1.92. The van der Waals surface area contributed by atoms with E-state index in [-0.39, 0.29) is 0 Å². The first-order chi connectivity index (χ1) is 9.65. The molecule has 1 N–H and O–H groups in total. The zero-order chi connectivity index (χ0) is 14.3. The molecule has 2 aromatic carbocycles. The molecule has 0 unspecified atom stereocenters. The van der Waals surface area contributed by atoms with Crippen LogP contribution < -0.4 is 4.90 Å². The molecule has 2 nitrogen and oxygen atoms in total. The van der Waals surface area contributed by atoms with Crippen LogP contribution in [-0.4, -0.2) is 11.7 Å². The minimum absolute atomic E-state index is 0.378. The van der Waals surface area contributed by atoms with Crippen molar-refractivity contribution in [1.29, 1.82) is 0 Å². The standard InChI is InChI=1S/C18H19NO/c1-4-13-7-6-8-15-16-9-12(3)17(20)10-14(16)11-19(5-2)18(13)15/h4,6-10,20H,1,5,11H2,2-3H3. The molecular weight excluding hydrogens is 246 g/mol. The second-order valence-electron chi connectivity index (χ2n) is 5.26. The van der Waals surface area contributed by atoms with E-state index >= 15 is 0 Å². The average Bonchev–Trinajstić information content (AvgIpc) is 2.47. The lowest BCUT2D eigenvalue weighted by atomic mass is 9.89. The molecule has 0 aliphatic carbocycles. The third kappa shape index (κ3) is 1.80. The van der Waals surface area contributed by atoms with Crippen molar-refractivity contribution in [3.63, 3.8) is 0 Å². The van der Waals surface area contributed by atoms with Gasteiger partial charge >= 0.3 is 0 Å². The van der Waals surface area contributed by atoms with Gasteiger partial charge in [-0.1, -0.05) is 30.9 Å². The first kappa shape index (κ1) is 12.8. The van der Waals surface area contributed by atoms with Gasteiger partial charge in [0.15, 0.2) is 0 Å². The highest BCUT2D eigenvalue weighted by Gasteiger charge is 2.23. The van der Waals surface area contributed by atoms with Gasteiger partial charge in [-0.2, -0.15) is 0 Å². The molecular formula is C18H19NO. The smallest absolute Gasteiger partial charge is 0.118 e. The van der Waals surface area contributed by atoms with E-state index in [0.29, 0.717) is 5.75 Å². The third-order valence-electron chi connectivity index (χ3n) is 4.06. The molecule has 20 heavy (non-hydrogen) atoms. The van der Waals surface area contributed by atoms with Gasteiger partial charge in [-0.25, -0.2) is 0 Å². The Morgan fingerprint density at radius 2 is 2.10 bits per heavy atom. The Hall–Kier alpha value is -2.22. The van der Waals surface area contributed by atoms with Gasteiger partial charge in [0.2, 0.25) is 0 Å². The van der Waals surface area contributed by atoms with Gasteiger partial charge in [0, 0.05) is 18.7 Å². The first-order valence-corrected chi connectivity index (χ1v) is 6.99. The second-order valence-corrected chi connectivity index (χ2v) is 5.26. The van der Waals surface area contributed by atoms with Gasteiger partial charge in [-0.3, -0.25) is 0 Å². The van der Waals surface area contributed by atoms with Crippen molar-refractivity contribution in [3.05, 3.63) is 53.6 Å². The fraction of sp³-hybridized carbons (Fsp3) is 0.222. The van der Waals surface area contributed by atoms with Gasteiger partial charge in [0.25, 0.3) is 0 Å². The van der Waals surface area contributed by atoms with E-state index in [1.165, 1.54) is 27.9 Å². The summed E-state index contributed by atoms with van der Waals surface area (Å²) in [5.74, 6) is 0.378. The van der Waals surface area contributed by atoms with Crippen molar-refractivity contribution in [2.45, 2.75) is 20.4 Å². The summed E-state index contributed by atoms with van der Waals surface area (Å²) in [6.45, 7) is 9.79. The number of hydrogen-bond acceptors (Lipinski definition) is 2. The maximum atomic E-state index is 9.95. The van der Waals surface area contributed by atoms with E-state index in [0.717, 1.165) is 18.7 Å². The predicted molar refractivity (Wildman–Crippen MR) is 85.1 cm³/mol. The molecule has 0 fully saturated rings. The molecule has 1 aliphatic heterocycles. The normalized spacial score (nSPS) is 12.8. The summed E-state index contributed by atoms with van der Waals surface area (Å²) in [7, 11) is 0. The molecule has 1 heterocycles. The Bertz CT molecular complexity index is 688. The van der Waals surface area contributed by atoms with Crippen LogP contribution >= 0.6 is 0 Å². The molecule has 0 atom stereocenters. The van der Waals surface area contributed by atoms with Gasteiger partial charge in [0.05, 0.1) is 5.69 Å². The van der Waals surface area contributed by atoms with Crippen LogP contribution in [0.4, 0.5) is 5.69 Å². The topological polar surface area (TPSA) is 23.5 Å². The van der Waals surface area contributed by atoms with E-state index in [4.69, 9.17) is 0 Å². The van der Waals surface area contributed by atoms with E-state index in [2.05, 4.69) is 42.7 Å². The number of phenolic OH excluding ortho intramolecular Hbond substituents is 1. The summed E-state index contributed by atoms with van der Waals surface area (Å²) in [4.78, 5) is 2.34. The quantitative estimate of drug-likeness (QED) is 0.872. The van der Waals surface area contributed by atoms with Crippen LogP contribution in [0.1, 0.15) is 23.6 Å². The number of hydrogen-bond donors (Lipinski definition) is 1. The number of aromatic hydroxyl groups is 1. The number of rotatable bonds is 2. The molecule has 0 spiro atoms. The number of fused-ring (bicyclic) bond motifs is 3. The molecule has 0 saturated heterocycles. The zero-order valence-corrected chi connectivity index (χ0v) is 12.0. The number of aryl methyl sites for hydroxylation is 1. The van der Waals surface area contributed by atoms with Gasteiger partial charge in [-0.05, 0) is 48.2 Å². The number of para-hydroxylation sites is 1. The van der Waals surface area contributed by atoms with Crippen LogP contribution in [0.15, 0.2) is 36.9 Å². The molecule has 0 saturated carbocycles. The molecule has 0 aromatic heterocycles. The Morgan fingerprint density at radius 1 is 1.30 bits per heavy atom. The first-order valence-electron chi connectivity index (χ1n) is 6.99. The fourth-order valence-corrected chi connectivity index (χ4v) is 2.97. The highest BCUT2D eigenvalue weighted by molar-refractivity contribution is 5.89. The van der Waals surface area contributed by atoms with Gasteiger partial charge in [-0.15, -0.1) is 0 Å². The van der Waals surface area contributed by atoms with E-state index in [1.54, 1.807) is 0 Å². The third-order valence-corrected chi connectivity index (χ3v) is 4.06. The number of nitrogens with zero attached hydrogens (tertiary/aromatic N) is 1. The summed E-state index contributed by atoms with van der Waals surface area (Å²) < 4.78 is 0. The van der Waals surface area contributed by atoms with Crippen molar-refractivity contribution < 1.29 is 5.11 Å². The minimum Gasteiger partial charge on any atom is -0.508 e. The summed E-state index contributed by atoms with van der Waals surface area (Å²) >= 11 is 0. The second kappa shape index (κ2) is 4.71. The molecule has 2 aromatic rings. The van der Waals surface area contributed by atoms with E-state index in [1.807, 2.05) is 19.1 Å². The lowest BCUT2D eigenvalue weighted by molar-refractivity contribution is 0.470.